The number of nitrogens with one attached hydrogen (secondary N) is 1. The predicted octanol–water partition coefficient (Wildman–Crippen LogP) is 3.90. The summed E-state index contributed by atoms with van der Waals surface area (Å²) < 4.78 is 28.2. The molecule has 0 saturated carbocycles. The molecule has 1 aromatic heterocycles. The molecule has 0 saturated heterocycles. The summed E-state index contributed by atoms with van der Waals surface area (Å²) in [5.41, 5.74) is 0.537. The van der Waals surface area contributed by atoms with Crippen LogP contribution in [0, 0.1) is 18.6 Å². The van der Waals surface area contributed by atoms with Gasteiger partial charge in [-0.2, -0.15) is 0 Å². The fourth-order valence-corrected chi connectivity index (χ4v) is 1.87. The average molecular weight is 277 g/mol. The van der Waals surface area contributed by atoms with Gasteiger partial charge in [0.15, 0.2) is 0 Å². The highest BCUT2D eigenvalue weighted by atomic mass is 19.1. The first-order valence-corrected chi connectivity index (χ1v) is 6.45. The van der Waals surface area contributed by atoms with Crippen molar-refractivity contribution in [2.24, 2.45) is 0 Å². The Morgan fingerprint density at radius 1 is 1.15 bits per heavy atom. The van der Waals surface area contributed by atoms with Crippen LogP contribution in [0.4, 0.5) is 14.6 Å². The van der Waals surface area contributed by atoms with Gasteiger partial charge in [-0.05, 0) is 18.6 Å². The number of aromatic nitrogens is 2. The summed E-state index contributed by atoms with van der Waals surface area (Å²) in [6, 6.07) is 4.22. The van der Waals surface area contributed by atoms with Crippen molar-refractivity contribution in [3.63, 3.8) is 0 Å². The van der Waals surface area contributed by atoms with E-state index in [0.717, 1.165) is 0 Å². The van der Waals surface area contributed by atoms with Gasteiger partial charge in [-0.15, -0.1) is 0 Å². The lowest BCUT2D eigenvalue weighted by molar-refractivity contribution is 0.582. The molecule has 2 rings (SSSR count). The van der Waals surface area contributed by atoms with Crippen LogP contribution in [0.2, 0.25) is 0 Å². The van der Waals surface area contributed by atoms with Gasteiger partial charge in [-0.1, -0.05) is 19.9 Å². The Morgan fingerprint density at radius 3 is 2.45 bits per heavy atom. The fraction of sp³-hybridized carbons (Fsp3) is 0.333. The summed E-state index contributed by atoms with van der Waals surface area (Å²) in [4.78, 5) is 8.57. The van der Waals surface area contributed by atoms with E-state index in [4.69, 9.17) is 0 Å². The molecule has 0 bridgehead atoms. The zero-order chi connectivity index (χ0) is 14.9. The molecule has 106 valence electrons. The second-order valence-corrected chi connectivity index (χ2v) is 4.95. The summed E-state index contributed by atoms with van der Waals surface area (Å²) in [7, 11) is 1.71. The third-order valence-electron chi connectivity index (χ3n) is 3.06. The highest BCUT2D eigenvalue weighted by molar-refractivity contribution is 5.65. The molecule has 0 aliphatic heterocycles. The van der Waals surface area contributed by atoms with Crippen LogP contribution in [0.1, 0.15) is 31.2 Å². The maximum absolute atomic E-state index is 14.2. The smallest absolute Gasteiger partial charge is 0.138 e. The molecule has 20 heavy (non-hydrogen) atoms. The lowest BCUT2D eigenvalue weighted by Crippen LogP contribution is -2.05. The van der Waals surface area contributed by atoms with E-state index in [1.54, 1.807) is 20.0 Å². The Morgan fingerprint density at radius 2 is 1.85 bits per heavy atom. The van der Waals surface area contributed by atoms with Gasteiger partial charge < -0.3 is 5.32 Å². The van der Waals surface area contributed by atoms with Gasteiger partial charge in [0, 0.05) is 19.0 Å². The summed E-state index contributed by atoms with van der Waals surface area (Å²) in [5.74, 6) is -0.0480. The van der Waals surface area contributed by atoms with E-state index >= 15 is 0 Å². The van der Waals surface area contributed by atoms with Crippen molar-refractivity contribution in [3.05, 3.63) is 41.2 Å². The number of nitrogens with zero attached hydrogens (tertiary/aromatic N) is 2. The van der Waals surface area contributed by atoms with Gasteiger partial charge in [0.1, 0.15) is 23.3 Å². The van der Waals surface area contributed by atoms with Gasteiger partial charge in [0.2, 0.25) is 0 Å². The molecule has 0 radical (unpaired) electrons. The topological polar surface area (TPSA) is 37.8 Å². The fourth-order valence-electron chi connectivity index (χ4n) is 1.87. The number of rotatable bonds is 3. The van der Waals surface area contributed by atoms with Crippen molar-refractivity contribution in [2.45, 2.75) is 26.7 Å². The van der Waals surface area contributed by atoms with Crippen LogP contribution in [-0.4, -0.2) is 17.0 Å². The summed E-state index contributed by atoms with van der Waals surface area (Å²) in [5, 5.41) is 2.89. The highest BCUT2D eigenvalue weighted by Crippen LogP contribution is 2.28. The molecule has 0 aliphatic rings. The summed E-state index contributed by atoms with van der Waals surface area (Å²) in [6.07, 6.45) is 0. The standard InChI is InChI=1S/C15H17F2N3/c1-8(2)15-19-11(7-12(18-4)20-15)13-10(16)6-5-9(3)14(13)17/h5-8H,1-4H3,(H,18,19,20). The van der Waals surface area contributed by atoms with E-state index in [2.05, 4.69) is 15.3 Å². The molecule has 3 nitrogen and oxygen atoms in total. The van der Waals surface area contributed by atoms with Crippen molar-refractivity contribution in [1.82, 2.24) is 9.97 Å². The van der Waals surface area contributed by atoms with Crippen LogP contribution in [0.5, 0.6) is 0 Å². The van der Waals surface area contributed by atoms with Crippen molar-refractivity contribution in [1.29, 1.82) is 0 Å². The lowest BCUT2D eigenvalue weighted by Gasteiger charge is -2.12. The number of aryl methyl sites for hydroxylation is 1. The van der Waals surface area contributed by atoms with Crippen molar-refractivity contribution < 1.29 is 8.78 Å². The van der Waals surface area contributed by atoms with E-state index in [-0.39, 0.29) is 17.2 Å². The van der Waals surface area contributed by atoms with E-state index in [9.17, 15) is 8.78 Å². The largest absolute Gasteiger partial charge is 0.373 e. The summed E-state index contributed by atoms with van der Waals surface area (Å²) in [6.45, 7) is 5.46. The van der Waals surface area contributed by atoms with Crippen LogP contribution in [0.3, 0.4) is 0 Å². The van der Waals surface area contributed by atoms with Crippen LogP contribution >= 0.6 is 0 Å². The van der Waals surface area contributed by atoms with E-state index < -0.39 is 11.6 Å². The number of hydrogen-bond acceptors (Lipinski definition) is 3. The maximum Gasteiger partial charge on any atom is 0.138 e. The quantitative estimate of drug-likeness (QED) is 0.924. The lowest BCUT2D eigenvalue weighted by atomic mass is 10.1. The molecule has 0 fully saturated rings. The second kappa shape index (κ2) is 5.53. The molecule has 0 unspecified atom stereocenters. The molecule has 2 aromatic rings. The number of benzene rings is 1. The van der Waals surface area contributed by atoms with E-state index in [0.29, 0.717) is 17.2 Å². The number of halogens is 2. The Hall–Kier alpha value is -2.04. The van der Waals surface area contributed by atoms with E-state index in [1.807, 2.05) is 13.8 Å². The molecule has 0 amide bonds. The van der Waals surface area contributed by atoms with Gasteiger partial charge in [-0.3, -0.25) is 0 Å². The predicted molar refractivity (Wildman–Crippen MR) is 75.8 cm³/mol. The minimum atomic E-state index is -0.622. The molecular formula is C15H17F2N3. The van der Waals surface area contributed by atoms with Gasteiger partial charge in [0.05, 0.1) is 11.3 Å². The average Bonchev–Trinajstić information content (AvgIpc) is 2.43. The number of hydrogen-bond donors (Lipinski definition) is 1. The minimum Gasteiger partial charge on any atom is -0.373 e. The molecule has 1 aromatic carbocycles. The zero-order valence-corrected chi connectivity index (χ0v) is 12.0. The molecule has 0 aliphatic carbocycles. The van der Waals surface area contributed by atoms with Crippen LogP contribution in [0.25, 0.3) is 11.3 Å². The van der Waals surface area contributed by atoms with Gasteiger partial charge >= 0.3 is 0 Å². The zero-order valence-electron chi connectivity index (χ0n) is 12.0. The first kappa shape index (κ1) is 14.4. The van der Waals surface area contributed by atoms with Gasteiger partial charge in [0.25, 0.3) is 0 Å². The molecule has 5 heteroatoms. The van der Waals surface area contributed by atoms with Crippen molar-refractivity contribution >= 4 is 5.82 Å². The van der Waals surface area contributed by atoms with E-state index in [1.165, 1.54) is 12.1 Å². The normalized spacial score (nSPS) is 10.9. The van der Waals surface area contributed by atoms with Crippen molar-refractivity contribution in [3.8, 4) is 11.3 Å². The first-order chi connectivity index (χ1) is 9.43. The molecule has 0 spiro atoms. The Kier molecular flexibility index (Phi) is 3.97. The SMILES string of the molecule is CNc1cc(-c2c(F)ccc(C)c2F)nc(C(C)C)n1. The third kappa shape index (κ3) is 2.61. The number of anilines is 1. The first-order valence-electron chi connectivity index (χ1n) is 6.45. The summed E-state index contributed by atoms with van der Waals surface area (Å²) >= 11 is 0. The Labute approximate surface area is 117 Å². The molecule has 1 N–H and O–H groups in total. The van der Waals surface area contributed by atoms with Crippen molar-refractivity contribution in [2.75, 3.05) is 12.4 Å². The van der Waals surface area contributed by atoms with Crippen LogP contribution in [0.15, 0.2) is 18.2 Å². The van der Waals surface area contributed by atoms with Crippen LogP contribution in [-0.2, 0) is 0 Å². The third-order valence-corrected chi connectivity index (χ3v) is 3.06. The monoisotopic (exact) mass is 277 g/mol. The Bertz CT molecular complexity index is 639. The van der Waals surface area contributed by atoms with Crippen LogP contribution < -0.4 is 5.32 Å². The van der Waals surface area contributed by atoms with Gasteiger partial charge in [-0.25, -0.2) is 18.7 Å². The minimum absolute atomic E-state index is 0.0676. The highest BCUT2D eigenvalue weighted by Gasteiger charge is 2.17. The Balaban J connectivity index is 2.69. The maximum atomic E-state index is 14.2. The molecule has 0 atom stereocenters. The molecular weight excluding hydrogens is 260 g/mol. The second-order valence-electron chi connectivity index (χ2n) is 4.95. The molecule has 1 heterocycles.